The molecule has 0 aromatic heterocycles. The fraction of sp³-hybridized carbons (Fsp3) is 0.462. The van der Waals surface area contributed by atoms with Gasteiger partial charge in [0.1, 0.15) is 5.54 Å². The van der Waals surface area contributed by atoms with Crippen molar-refractivity contribution in [2.75, 3.05) is 11.9 Å². The van der Waals surface area contributed by atoms with Crippen molar-refractivity contribution in [1.29, 1.82) is 0 Å². The number of halogens is 4. The summed E-state index contributed by atoms with van der Waals surface area (Å²) in [4.78, 5) is 12.5. The number of hydrogen-bond acceptors (Lipinski definition) is 3. The Hall–Kier alpha value is -1.13. The van der Waals surface area contributed by atoms with Gasteiger partial charge in [-0.15, -0.1) is 0 Å². The van der Waals surface area contributed by atoms with Gasteiger partial charge in [0, 0.05) is 22.3 Å². The predicted molar refractivity (Wildman–Crippen MR) is 80.0 cm³/mol. The van der Waals surface area contributed by atoms with Crippen molar-refractivity contribution in [2.45, 2.75) is 30.3 Å². The lowest BCUT2D eigenvalue weighted by Gasteiger charge is -2.42. The van der Waals surface area contributed by atoms with Gasteiger partial charge < -0.3 is 5.32 Å². The number of hydrogen-bond donors (Lipinski definition) is 1. The molecule has 1 unspecified atom stereocenters. The summed E-state index contributed by atoms with van der Waals surface area (Å²) in [6, 6.07) is 4.67. The molecule has 126 valence electrons. The second-order valence-corrected chi connectivity index (χ2v) is 8.25. The summed E-state index contributed by atoms with van der Waals surface area (Å²) < 4.78 is 64.1. The minimum atomic E-state index is -5.62. The van der Waals surface area contributed by atoms with Crippen LogP contribution >= 0.6 is 15.9 Å². The van der Waals surface area contributed by atoms with E-state index < -0.39 is 27.0 Å². The standard InChI is InChI=1S/C13H12BrF3N2O3S/c14-8-3-4-10-9(7-8)12(11(20)18-10)5-1-2-6-19(12)23(21,22)13(15,16)17/h3-4,7H,1-2,5-6H2,(H,18,20). The number of carbonyl (C=O) groups is 1. The van der Waals surface area contributed by atoms with Crippen LogP contribution in [0.3, 0.4) is 0 Å². The van der Waals surface area contributed by atoms with Crippen LogP contribution in [0.1, 0.15) is 24.8 Å². The van der Waals surface area contributed by atoms with Crippen LogP contribution in [0.15, 0.2) is 22.7 Å². The first-order valence-electron chi connectivity index (χ1n) is 6.81. The minimum Gasteiger partial charge on any atom is -0.324 e. The maximum atomic E-state index is 13.1. The first kappa shape index (κ1) is 16.7. The molecule has 1 spiro atoms. The molecule has 1 N–H and O–H groups in total. The Morgan fingerprint density at radius 1 is 1.26 bits per heavy atom. The van der Waals surface area contributed by atoms with Crippen LogP contribution in [0.25, 0.3) is 0 Å². The maximum absolute atomic E-state index is 13.1. The average molecular weight is 413 g/mol. The molecule has 10 heteroatoms. The van der Waals surface area contributed by atoms with Gasteiger partial charge in [-0.3, -0.25) is 4.79 Å². The zero-order valence-corrected chi connectivity index (χ0v) is 14.1. The van der Waals surface area contributed by atoms with E-state index in [1.165, 1.54) is 6.07 Å². The molecule has 1 fully saturated rings. The zero-order chi connectivity index (χ0) is 17.0. The number of piperidine rings is 1. The van der Waals surface area contributed by atoms with Crippen molar-refractivity contribution in [2.24, 2.45) is 0 Å². The van der Waals surface area contributed by atoms with Crippen molar-refractivity contribution >= 4 is 37.5 Å². The lowest BCUT2D eigenvalue weighted by Crippen LogP contribution is -2.58. The number of sulfonamides is 1. The van der Waals surface area contributed by atoms with E-state index in [2.05, 4.69) is 21.2 Å². The molecule has 0 bridgehead atoms. The minimum absolute atomic E-state index is 0.0115. The van der Waals surface area contributed by atoms with E-state index in [0.29, 0.717) is 20.9 Å². The fourth-order valence-corrected chi connectivity index (χ4v) is 4.88. The van der Waals surface area contributed by atoms with Crippen LogP contribution < -0.4 is 5.32 Å². The lowest BCUT2D eigenvalue weighted by atomic mass is 9.83. The molecule has 0 radical (unpaired) electrons. The summed E-state index contributed by atoms with van der Waals surface area (Å²) in [7, 11) is -5.62. The van der Waals surface area contributed by atoms with E-state index in [9.17, 15) is 26.4 Å². The highest BCUT2D eigenvalue weighted by Crippen LogP contribution is 2.50. The topological polar surface area (TPSA) is 66.5 Å². The molecular weight excluding hydrogens is 401 g/mol. The summed E-state index contributed by atoms with van der Waals surface area (Å²) >= 11 is 3.22. The van der Waals surface area contributed by atoms with Gasteiger partial charge in [0.15, 0.2) is 0 Å². The number of nitrogens with zero attached hydrogens (tertiary/aromatic N) is 1. The maximum Gasteiger partial charge on any atom is 0.511 e. The van der Waals surface area contributed by atoms with Gasteiger partial charge in [-0.2, -0.15) is 17.5 Å². The predicted octanol–water partition coefficient (Wildman–Crippen LogP) is 2.93. The molecule has 5 nitrogen and oxygen atoms in total. The molecule has 23 heavy (non-hydrogen) atoms. The first-order chi connectivity index (χ1) is 10.6. The average Bonchev–Trinajstić information content (AvgIpc) is 2.71. The number of benzene rings is 1. The highest BCUT2D eigenvalue weighted by molar-refractivity contribution is 9.10. The molecule has 0 aliphatic carbocycles. The molecule has 2 aliphatic rings. The molecule has 2 aliphatic heterocycles. The Balaban J connectivity index is 2.24. The Morgan fingerprint density at radius 2 is 1.96 bits per heavy atom. The van der Waals surface area contributed by atoms with Crippen LogP contribution in [0, 0.1) is 0 Å². The van der Waals surface area contributed by atoms with Gasteiger partial charge >= 0.3 is 15.5 Å². The SMILES string of the molecule is O=C1Nc2ccc(Br)cc2C12CCCCN2S(=O)(=O)C(F)(F)F. The van der Waals surface area contributed by atoms with E-state index >= 15 is 0 Å². The van der Waals surface area contributed by atoms with Crippen molar-refractivity contribution < 1.29 is 26.4 Å². The van der Waals surface area contributed by atoms with Gasteiger partial charge in [-0.05, 0) is 37.5 Å². The van der Waals surface area contributed by atoms with Crippen molar-refractivity contribution in [3.8, 4) is 0 Å². The van der Waals surface area contributed by atoms with E-state index in [0.717, 1.165) is 0 Å². The van der Waals surface area contributed by atoms with E-state index in [1.807, 2.05) is 0 Å². The Kier molecular flexibility index (Phi) is 3.77. The molecule has 1 aromatic carbocycles. The molecule has 1 amide bonds. The summed E-state index contributed by atoms with van der Waals surface area (Å²) in [5.74, 6) is -0.738. The molecule has 1 saturated heterocycles. The van der Waals surface area contributed by atoms with Crippen LogP contribution in [-0.2, 0) is 20.4 Å². The normalized spacial score (nSPS) is 25.5. The van der Waals surface area contributed by atoms with Crippen molar-refractivity contribution in [1.82, 2.24) is 4.31 Å². The highest BCUT2D eigenvalue weighted by Gasteiger charge is 2.62. The van der Waals surface area contributed by atoms with Crippen LogP contribution in [0.4, 0.5) is 18.9 Å². The van der Waals surface area contributed by atoms with Gasteiger partial charge in [0.25, 0.3) is 5.91 Å². The third-order valence-corrected chi connectivity index (χ3v) is 6.36. The van der Waals surface area contributed by atoms with Crippen LogP contribution in [-0.4, -0.2) is 30.7 Å². The Bertz CT molecular complexity index is 781. The lowest BCUT2D eigenvalue weighted by molar-refractivity contribution is -0.127. The smallest absolute Gasteiger partial charge is 0.324 e. The van der Waals surface area contributed by atoms with E-state index in [4.69, 9.17) is 0 Å². The summed E-state index contributed by atoms with van der Waals surface area (Å²) in [5.41, 5.74) is -6.70. The second-order valence-electron chi connectivity index (χ2n) is 5.48. The van der Waals surface area contributed by atoms with E-state index in [1.54, 1.807) is 12.1 Å². The molecule has 1 aromatic rings. The molecule has 0 saturated carbocycles. The third-order valence-electron chi connectivity index (χ3n) is 4.21. The zero-order valence-electron chi connectivity index (χ0n) is 11.7. The number of rotatable bonds is 1. The molecule has 3 rings (SSSR count). The fourth-order valence-electron chi connectivity index (χ4n) is 3.21. The Labute approximate surface area is 139 Å². The monoisotopic (exact) mass is 412 g/mol. The van der Waals surface area contributed by atoms with Gasteiger partial charge in [-0.1, -0.05) is 15.9 Å². The van der Waals surface area contributed by atoms with Crippen molar-refractivity contribution in [3.63, 3.8) is 0 Å². The summed E-state index contributed by atoms with van der Waals surface area (Å²) in [6.07, 6.45) is 0.745. The van der Waals surface area contributed by atoms with Crippen LogP contribution in [0.2, 0.25) is 0 Å². The molecule has 1 atom stereocenters. The number of anilines is 1. The molecule has 2 heterocycles. The third kappa shape index (κ3) is 2.30. The number of amides is 1. The number of fused-ring (bicyclic) bond motifs is 2. The van der Waals surface area contributed by atoms with Gasteiger partial charge in [0.2, 0.25) is 0 Å². The van der Waals surface area contributed by atoms with E-state index in [-0.39, 0.29) is 24.9 Å². The quantitative estimate of drug-likeness (QED) is 0.770. The van der Waals surface area contributed by atoms with Gasteiger partial charge in [0.05, 0.1) is 0 Å². The van der Waals surface area contributed by atoms with Gasteiger partial charge in [-0.25, -0.2) is 8.42 Å². The van der Waals surface area contributed by atoms with Crippen LogP contribution in [0.5, 0.6) is 0 Å². The number of carbonyl (C=O) groups excluding carboxylic acids is 1. The number of nitrogens with one attached hydrogen (secondary N) is 1. The summed E-state index contributed by atoms with van der Waals surface area (Å²) in [5, 5.41) is 2.51. The highest BCUT2D eigenvalue weighted by atomic mass is 79.9. The number of alkyl halides is 3. The largest absolute Gasteiger partial charge is 0.511 e. The first-order valence-corrected chi connectivity index (χ1v) is 9.04. The second kappa shape index (κ2) is 5.18. The van der Waals surface area contributed by atoms with Crippen molar-refractivity contribution in [3.05, 3.63) is 28.2 Å². The molecular formula is C13H12BrF3N2O3S. The Morgan fingerprint density at radius 3 is 2.61 bits per heavy atom. The summed E-state index contributed by atoms with van der Waals surface area (Å²) in [6.45, 7) is -0.346.